The molecule has 2 aromatic rings. The third-order valence-corrected chi connectivity index (χ3v) is 5.26. The molecule has 136 valence electrons. The van der Waals surface area contributed by atoms with Crippen LogP contribution in [-0.2, 0) is 11.2 Å². The monoisotopic (exact) mass is 371 g/mol. The number of aromatic nitrogens is 2. The van der Waals surface area contributed by atoms with Crippen LogP contribution >= 0.6 is 11.6 Å². The molecule has 5 nitrogen and oxygen atoms in total. The average molecular weight is 372 g/mol. The van der Waals surface area contributed by atoms with Gasteiger partial charge in [0.15, 0.2) is 5.82 Å². The highest BCUT2D eigenvalue weighted by Crippen LogP contribution is 2.38. The van der Waals surface area contributed by atoms with Crippen molar-refractivity contribution in [3.8, 4) is 0 Å². The van der Waals surface area contributed by atoms with Crippen LogP contribution in [0.15, 0.2) is 34.9 Å². The van der Waals surface area contributed by atoms with Crippen LogP contribution in [0.3, 0.4) is 0 Å². The molecule has 2 aliphatic rings. The SMILES string of the molecule is O=C(C=Cc1ccc(Cl)cc1)N1CCCC(Cc2nc(C3CC3)no2)C1. The lowest BCUT2D eigenvalue weighted by Crippen LogP contribution is -2.39. The van der Waals surface area contributed by atoms with E-state index in [-0.39, 0.29) is 5.91 Å². The summed E-state index contributed by atoms with van der Waals surface area (Å²) in [4.78, 5) is 18.9. The molecule has 0 radical (unpaired) electrons. The summed E-state index contributed by atoms with van der Waals surface area (Å²) >= 11 is 5.88. The van der Waals surface area contributed by atoms with Gasteiger partial charge in [-0.15, -0.1) is 0 Å². The van der Waals surface area contributed by atoms with E-state index < -0.39 is 0 Å². The van der Waals surface area contributed by atoms with Gasteiger partial charge in [0.05, 0.1) is 0 Å². The van der Waals surface area contributed by atoms with Crippen LogP contribution in [0.4, 0.5) is 0 Å². The number of amides is 1. The van der Waals surface area contributed by atoms with E-state index in [9.17, 15) is 4.79 Å². The number of carbonyl (C=O) groups is 1. The largest absolute Gasteiger partial charge is 0.339 e. The molecule has 1 amide bonds. The number of rotatable bonds is 5. The van der Waals surface area contributed by atoms with E-state index in [4.69, 9.17) is 16.1 Å². The Balaban J connectivity index is 1.33. The second-order valence-corrected chi connectivity index (χ2v) is 7.64. The lowest BCUT2D eigenvalue weighted by atomic mass is 9.94. The first-order valence-corrected chi connectivity index (χ1v) is 9.60. The topological polar surface area (TPSA) is 59.2 Å². The molecule has 1 aromatic heterocycles. The van der Waals surface area contributed by atoms with Gasteiger partial charge in [-0.05, 0) is 55.4 Å². The number of hydrogen-bond donors (Lipinski definition) is 0. The van der Waals surface area contributed by atoms with Crippen LogP contribution in [0.1, 0.15) is 48.9 Å². The van der Waals surface area contributed by atoms with Crippen molar-refractivity contribution >= 4 is 23.6 Å². The van der Waals surface area contributed by atoms with Crippen LogP contribution in [0.25, 0.3) is 6.08 Å². The van der Waals surface area contributed by atoms with Gasteiger partial charge in [-0.25, -0.2) is 0 Å². The minimum atomic E-state index is 0.0499. The molecule has 1 unspecified atom stereocenters. The molecule has 1 aliphatic carbocycles. The Labute approximate surface area is 158 Å². The summed E-state index contributed by atoms with van der Waals surface area (Å²) in [5, 5.41) is 4.77. The fraction of sp³-hybridized carbons (Fsp3) is 0.450. The van der Waals surface area contributed by atoms with Gasteiger partial charge >= 0.3 is 0 Å². The summed E-state index contributed by atoms with van der Waals surface area (Å²) in [6, 6.07) is 7.45. The first-order chi connectivity index (χ1) is 12.7. The summed E-state index contributed by atoms with van der Waals surface area (Å²) < 4.78 is 5.39. The van der Waals surface area contributed by atoms with Crippen molar-refractivity contribution in [1.82, 2.24) is 15.0 Å². The maximum Gasteiger partial charge on any atom is 0.246 e. The van der Waals surface area contributed by atoms with E-state index in [1.807, 2.05) is 35.2 Å². The minimum absolute atomic E-state index is 0.0499. The Bertz CT molecular complexity index is 796. The lowest BCUT2D eigenvalue weighted by molar-refractivity contribution is -0.127. The van der Waals surface area contributed by atoms with E-state index in [1.54, 1.807) is 6.08 Å². The molecule has 2 fully saturated rings. The zero-order chi connectivity index (χ0) is 17.9. The zero-order valence-electron chi connectivity index (χ0n) is 14.6. The second kappa shape index (κ2) is 7.62. The van der Waals surface area contributed by atoms with E-state index >= 15 is 0 Å². The fourth-order valence-corrected chi connectivity index (χ4v) is 3.51. The molecule has 1 saturated carbocycles. The Morgan fingerprint density at radius 2 is 2.08 bits per heavy atom. The third kappa shape index (κ3) is 4.33. The number of nitrogens with zero attached hydrogens (tertiary/aromatic N) is 3. The smallest absolute Gasteiger partial charge is 0.246 e. The molecular formula is C20H22ClN3O2. The van der Waals surface area contributed by atoms with Crippen LogP contribution < -0.4 is 0 Å². The van der Waals surface area contributed by atoms with Gasteiger partial charge in [0, 0.05) is 36.5 Å². The predicted octanol–water partition coefficient (Wildman–Crippen LogP) is 4.09. The van der Waals surface area contributed by atoms with Crippen LogP contribution in [0.2, 0.25) is 5.02 Å². The molecule has 26 heavy (non-hydrogen) atoms. The molecule has 0 spiro atoms. The van der Waals surface area contributed by atoms with Gasteiger partial charge in [-0.2, -0.15) is 4.98 Å². The number of carbonyl (C=O) groups excluding carboxylic acids is 1. The number of benzene rings is 1. The minimum Gasteiger partial charge on any atom is -0.339 e. The molecule has 0 N–H and O–H groups in total. The van der Waals surface area contributed by atoms with Gasteiger partial charge in [0.25, 0.3) is 0 Å². The summed E-state index contributed by atoms with van der Waals surface area (Å²) in [7, 11) is 0. The normalized spacial score (nSPS) is 20.7. The number of likely N-dealkylation sites (tertiary alicyclic amines) is 1. The molecule has 1 aromatic carbocycles. The van der Waals surface area contributed by atoms with E-state index in [2.05, 4.69) is 10.1 Å². The summed E-state index contributed by atoms with van der Waals surface area (Å²) in [6.45, 7) is 1.54. The van der Waals surface area contributed by atoms with Crippen molar-refractivity contribution in [3.63, 3.8) is 0 Å². The first-order valence-electron chi connectivity index (χ1n) is 9.22. The third-order valence-electron chi connectivity index (χ3n) is 5.01. The molecule has 0 bridgehead atoms. The summed E-state index contributed by atoms with van der Waals surface area (Å²) in [5.74, 6) is 2.51. The molecule has 2 heterocycles. The van der Waals surface area contributed by atoms with Crippen LogP contribution in [-0.4, -0.2) is 34.0 Å². The highest BCUT2D eigenvalue weighted by atomic mass is 35.5. The highest BCUT2D eigenvalue weighted by Gasteiger charge is 2.30. The highest BCUT2D eigenvalue weighted by molar-refractivity contribution is 6.30. The lowest BCUT2D eigenvalue weighted by Gasteiger charge is -2.31. The van der Waals surface area contributed by atoms with Gasteiger partial charge in [0.1, 0.15) is 0 Å². The zero-order valence-corrected chi connectivity index (χ0v) is 15.4. The first kappa shape index (κ1) is 17.3. The van der Waals surface area contributed by atoms with E-state index in [0.29, 0.717) is 22.7 Å². The van der Waals surface area contributed by atoms with Gasteiger partial charge in [0.2, 0.25) is 11.8 Å². The number of hydrogen-bond acceptors (Lipinski definition) is 4. The molecule has 1 aliphatic heterocycles. The van der Waals surface area contributed by atoms with Crippen LogP contribution in [0.5, 0.6) is 0 Å². The van der Waals surface area contributed by atoms with Crippen molar-refractivity contribution in [3.05, 3.63) is 52.6 Å². The quantitative estimate of drug-likeness (QED) is 0.742. The van der Waals surface area contributed by atoms with Crippen molar-refractivity contribution in [2.75, 3.05) is 13.1 Å². The standard InChI is InChI=1S/C20H22ClN3O2/c21-17-8-3-14(4-9-17)5-10-19(25)24-11-1-2-15(13-24)12-18-22-20(23-26-18)16-6-7-16/h3-5,8-10,15-16H,1-2,6-7,11-13H2. The Kier molecular flexibility index (Phi) is 5.07. The van der Waals surface area contributed by atoms with Gasteiger partial charge in [-0.3, -0.25) is 4.79 Å². The van der Waals surface area contributed by atoms with E-state index in [1.165, 1.54) is 12.8 Å². The van der Waals surface area contributed by atoms with Crippen molar-refractivity contribution in [1.29, 1.82) is 0 Å². The molecule has 1 atom stereocenters. The molecule has 1 saturated heterocycles. The van der Waals surface area contributed by atoms with Crippen LogP contribution in [0, 0.1) is 5.92 Å². The fourth-order valence-electron chi connectivity index (χ4n) is 3.38. The summed E-state index contributed by atoms with van der Waals surface area (Å²) in [5.41, 5.74) is 0.967. The number of halogens is 1. The Hall–Kier alpha value is -2.14. The predicted molar refractivity (Wildman–Crippen MR) is 99.8 cm³/mol. The van der Waals surface area contributed by atoms with Crippen molar-refractivity contribution in [2.45, 2.75) is 38.0 Å². The van der Waals surface area contributed by atoms with Gasteiger partial charge in [-0.1, -0.05) is 28.9 Å². The Morgan fingerprint density at radius 3 is 2.85 bits per heavy atom. The van der Waals surface area contributed by atoms with Gasteiger partial charge < -0.3 is 9.42 Å². The number of piperidine rings is 1. The molecule has 6 heteroatoms. The second-order valence-electron chi connectivity index (χ2n) is 7.20. The average Bonchev–Trinajstić information content (AvgIpc) is 3.41. The molecule has 4 rings (SSSR count). The van der Waals surface area contributed by atoms with Crippen molar-refractivity contribution < 1.29 is 9.32 Å². The summed E-state index contributed by atoms with van der Waals surface area (Å²) in [6.07, 6.45) is 8.67. The van der Waals surface area contributed by atoms with Crippen molar-refractivity contribution in [2.24, 2.45) is 5.92 Å². The maximum atomic E-state index is 12.5. The Morgan fingerprint density at radius 1 is 1.27 bits per heavy atom. The maximum absolute atomic E-state index is 12.5. The molecular weight excluding hydrogens is 350 g/mol. The van der Waals surface area contributed by atoms with E-state index in [0.717, 1.165) is 43.7 Å².